The van der Waals surface area contributed by atoms with E-state index in [1.165, 1.54) is 13.1 Å². The van der Waals surface area contributed by atoms with E-state index < -0.39 is 6.04 Å². The van der Waals surface area contributed by atoms with Gasteiger partial charge in [-0.25, -0.2) is 0 Å². The molecule has 3 N–H and O–H groups in total. The van der Waals surface area contributed by atoms with E-state index in [1.54, 1.807) is 12.1 Å². The fraction of sp³-hybridized carbons (Fsp3) is 0.429. The number of phenolic OH excluding ortho intramolecular Hbond substituents is 1. The number of nitrogens with one attached hydrogen (secondary N) is 2. The molecule has 0 aliphatic carbocycles. The minimum atomic E-state index is -0.585. The Hall–Kier alpha value is -1.56. The van der Waals surface area contributed by atoms with Crippen molar-refractivity contribution in [1.82, 2.24) is 10.6 Å². The first-order valence-electron chi connectivity index (χ1n) is 6.36. The van der Waals surface area contributed by atoms with Crippen LogP contribution in [0.3, 0.4) is 0 Å². The largest absolute Gasteiger partial charge is 0.507 e. The van der Waals surface area contributed by atoms with E-state index in [4.69, 9.17) is 0 Å². The van der Waals surface area contributed by atoms with Gasteiger partial charge in [0.05, 0.1) is 4.47 Å². The number of phenols is 1. The zero-order valence-electron chi connectivity index (χ0n) is 11.7. The molecule has 6 heteroatoms. The molecule has 0 saturated carbocycles. The van der Waals surface area contributed by atoms with Crippen molar-refractivity contribution in [2.45, 2.75) is 26.3 Å². The van der Waals surface area contributed by atoms with E-state index in [2.05, 4.69) is 26.6 Å². The number of benzene rings is 1. The smallest absolute Gasteiger partial charge is 0.252 e. The average molecular weight is 343 g/mol. The van der Waals surface area contributed by atoms with E-state index in [1.807, 2.05) is 13.8 Å². The second-order valence-corrected chi connectivity index (χ2v) is 5.79. The van der Waals surface area contributed by atoms with Gasteiger partial charge >= 0.3 is 0 Å². The van der Waals surface area contributed by atoms with Crippen molar-refractivity contribution in [1.29, 1.82) is 0 Å². The molecular formula is C14H19BrN2O3. The fourth-order valence-electron chi connectivity index (χ4n) is 1.77. The number of carbonyl (C=O) groups excluding carboxylic acids is 2. The van der Waals surface area contributed by atoms with Crippen LogP contribution in [0.2, 0.25) is 0 Å². The summed E-state index contributed by atoms with van der Waals surface area (Å²) in [6, 6.07) is 3.94. The van der Waals surface area contributed by atoms with Crippen molar-refractivity contribution in [2.24, 2.45) is 5.92 Å². The zero-order chi connectivity index (χ0) is 15.3. The number of likely N-dealkylation sites (N-methyl/N-ethyl adjacent to an activating group) is 1. The quantitative estimate of drug-likeness (QED) is 0.766. The molecule has 1 aromatic carbocycles. The highest BCUT2D eigenvalue weighted by atomic mass is 79.9. The molecule has 0 spiro atoms. The van der Waals surface area contributed by atoms with Gasteiger partial charge in [-0.1, -0.05) is 13.8 Å². The van der Waals surface area contributed by atoms with E-state index in [9.17, 15) is 14.7 Å². The Morgan fingerprint density at radius 1 is 1.35 bits per heavy atom. The van der Waals surface area contributed by atoms with Crippen molar-refractivity contribution in [3.63, 3.8) is 0 Å². The number of aromatic hydroxyl groups is 1. The van der Waals surface area contributed by atoms with Gasteiger partial charge in [-0.3, -0.25) is 9.59 Å². The van der Waals surface area contributed by atoms with Crippen LogP contribution in [0, 0.1) is 5.92 Å². The molecule has 0 bridgehead atoms. The lowest BCUT2D eigenvalue weighted by Gasteiger charge is -2.19. The number of hydrogen-bond acceptors (Lipinski definition) is 3. The number of hydrogen-bond donors (Lipinski definition) is 3. The zero-order valence-corrected chi connectivity index (χ0v) is 13.3. The third-order valence-electron chi connectivity index (χ3n) is 2.78. The van der Waals surface area contributed by atoms with Gasteiger partial charge in [0, 0.05) is 12.6 Å². The Labute approximate surface area is 126 Å². The van der Waals surface area contributed by atoms with Crippen LogP contribution in [0.25, 0.3) is 0 Å². The van der Waals surface area contributed by atoms with Crippen molar-refractivity contribution in [3.8, 4) is 5.75 Å². The summed E-state index contributed by atoms with van der Waals surface area (Å²) in [5.74, 6) is -0.357. The van der Waals surface area contributed by atoms with Gasteiger partial charge in [-0.2, -0.15) is 0 Å². The number of amides is 2. The van der Waals surface area contributed by atoms with Gasteiger partial charge in [0.25, 0.3) is 5.91 Å². The topological polar surface area (TPSA) is 78.4 Å². The SMILES string of the molecule is CNC(=O)[C@@H](CC(C)C)NC(=O)c1ccc(Br)c(O)c1. The van der Waals surface area contributed by atoms with Crippen molar-refractivity contribution < 1.29 is 14.7 Å². The summed E-state index contributed by atoms with van der Waals surface area (Å²) in [6.07, 6.45) is 0.550. The molecule has 1 rings (SSSR count). The molecule has 0 aliphatic rings. The van der Waals surface area contributed by atoms with E-state index in [0.29, 0.717) is 16.5 Å². The van der Waals surface area contributed by atoms with E-state index in [-0.39, 0.29) is 23.5 Å². The minimum absolute atomic E-state index is 0.0157. The van der Waals surface area contributed by atoms with Crippen molar-refractivity contribution >= 4 is 27.7 Å². The van der Waals surface area contributed by atoms with Crippen LogP contribution < -0.4 is 10.6 Å². The summed E-state index contributed by atoms with van der Waals surface area (Å²) in [4.78, 5) is 23.9. The third-order valence-corrected chi connectivity index (χ3v) is 3.45. The maximum Gasteiger partial charge on any atom is 0.252 e. The van der Waals surface area contributed by atoms with Crippen molar-refractivity contribution in [3.05, 3.63) is 28.2 Å². The fourth-order valence-corrected chi connectivity index (χ4v) is 2.02. The molecule has 0 aromatic heterocycles. The summed E-state index contributed by atoms with van der Waals surface area (Å²) in [6.45, 7) is 3.96. The molecule has 110 valence electrons. The van der Waals surface area contributed by atoms with Crippen LogP contribution in [0.4, 0.5) is 0 Å². The van der Waals surface area contributed by atoms with Gasteiger partial charge in [0.15, 0.2) is 0 Å². The summed E-state index contributed by atoms with van der Waals surface area (Å²) in [5.41, 5.74) is 0.309. The second-order valence-electron chi connectivity index (χ2n) is 4.94. The molecule has 0 radical (unpaired) electrons. The third kappa shape index (κ3) is 4.52. The summed E-state index contributed by atoms with van der Waals surface area (Å²) < 4.78 is 0.513. The lowest BCUT2D eigenvalue weighted by molar-refractivity contribution is -0.122. The number of carbonyl (C=O) groups is 2. The molecule has 0 unspecified atom stereocenters. The first-order valence-corrected chi connectivity index (χ1v) is 7.15. The van der Waals surface area contributed by atoms with E-state index >= 15 is 0 Å². The molecule has 1 aromatic rings. The van der Waals surface area contributed by atoms with E-state index in [0.717, 1.165) is 0 Å². The second kappa shape index (κ2) is 7.28. The highest BCUT2D eigenvalue weighted by Gasteiger charge is 2.21. The first-order chi connectivity index (χ1) is 9.35. The van der Waals surface area contributed by atoms with Crippen LogP contribution in [-0.2, 0) is 4.79 Å². The molecule has 0 heterocycles. The summed E-state index contributed by atoms with van der Waals surface area (Å²) in [7, 11) is 1.53. The van der Waals surface area contributed by atoms with Crippen LogP contribution in [0.15, 0.2) is 22.7 Å². The minimum Gasteiger partial charge on any atom is -0.507 e. The number of halogens is 1. The predicted octanol–water partition coefficient (Wildman–Crippen LogP) is 2.05. The molecule has 0 fully saturated rings. The Morgan fingerprint density at radius 2 is 2.00 bits per heavy atom. The maximum absolute atomic E-state index is 12.1. The normalized spacial score (nSPS) is 12.1. The van der Waals surface area contributed by atoms with Gasteiger partial charge in [0.2, 0.25) is 5.91 Å². The molecule has 1 atom stereocenters. The Kier molecular flexibility index (Phi) is 6.01. The number of rotatable bonds is 5. The molecule has 5 nitrogen and oxygen atoms in total. The average Bonchev–Trinajstić information content (AvgIpc) is 2.39. The van der Waals surface area contributed by atoms with Crippen LogP contribution in [-0.4, -0.2) is 30.0 Å². The lowest BCUT2D eigenvalue weighted by atomic mass is 10.0. The maximum atomic E-state index is 12.1. The monoisotopic (exact) mass is 342 g/mol. The highest BCUT2D eigenvalue weighted by molar-refractivity contribution is 9.10. The van der Waals surface area contributed by atoms with Crippen LogP contribution in [0.5, 0.6) is 5.75 Å². The standard InChI is InChI=1S/C14H19BrN2O3/c1-8(2)6-11(14(20)16-3)17-13(19)9-4-5-10(15)12(18)7-9/h4-5,7-8,11,18H,6H2,1-3H3,(H,16,20)(H,17,19)/t11-/m1/s1. The summed E-state index contributed by atoms with van der Waals surface area (Å²) in [5, 5.41) is 14.8. The molecule has 0 saturated heterocycles. The van der Waals surface area contributed by atoms with Crippen LogP contribution >= 0.6 is 15.9 Å². The molecule has 2 amide bonds. The van der Waals surface area contributed by atoms with Gasteiger partial charge in [-0.05, 0) is 46.5 Å². The molecule has 0 aliphatic heterocycles. The first kappa shape index (κ1) is 16.5. The Bertz CT molecular complexity index is 503. The van der Waals surface area contributed by atoms with Gasteiger partial charge in [0.1, 0.15) is 11.8 Å². The Morgan fingerprint density at radius 3 is 2.50 bits per heavy atom. The van der Waals surface area contributed by atoms with Crippen molar-refractivity contribution in [2.75, 3.05) is 7.05 Å². The van der Waals surface area contributed by atoms with Gasteiger partial charge in [-0.15, -0.1) is 0 Å². The predicted molar refractivity (Wildman–Crippen MR) is 80.6 cm³/mol. The Balaban J connectivity index is 2.84. The molecule has 20 heavy (non-hydrogen) atoms. The highest BCUT2D eigenvalue weighted by Crippen LogP contribution is 2.24. The molecular weight excluding hydrogens is 324 g/mol. The van der Waals surface area contributed by atoms with Gasteiger partial charge < -0.3 is 15.7 Å². The van der Waals surface area contributed by atoms with Crippen LogP contribution in [0.1, 0.15) is 30.6 Å². The lowest BCUT2D eigenvalue weighted by Crippen LogP contribution is -2.46. The summed E-state index contributed by atoms with van der Waals surface area (Å²) >= 11 is 3.15.